The molecule has 0 saturated heterocycles. The highest BCUT2D eigenvalue weighted by atomic mass is 16.5. The van der Waals surface area contributed by atoms with Gasteiger partial charge in [0, 0.05) is 11.8 Å². The molecule has 0 aliphatic heterocycles. The number of carbonyl (C=O) groups excluding carboxylic acids is 2. The number of hydrogen-bond acceptors (Lipinski definition) is 5. The highest BCUT2D eigenvalue weighted by Gasteiger charge is 2.20. The van der Waals surface area contributed by atoms with Gasteiger partial charge < -0.3 is 9.47 Å². The lowest BCUT2D eigenvalue weighted by atomic mass is 10.0. The quantitative estimate of drug-likeness (QED) is 0.379. The Morgan fingerprint density at radius 1 is 0.857 bits per heavy atom. The van der Waals surface area contributed by atoms with Gasteiger partial charge in [-0.3, -0.25) is 20.4 Å². The summed E-state index contributed by atoms with van der Waals surface area (Å²) in [6.45, 7) is 4.00. The van der Waals surface area contributed by atoms with Crippen LogP contribution in [0.2, 0.25) is 0 Å². The largest absolute Gasteiger partial charge is 0.490 e. The van der Waals surface area contributed by atoms with Crippen molar-refractivity contribution in [3.05, 3.63) is 96.2 Å². The zero-order valence-corrected chi connectivity index (χ0v) is 19.5. The zero-order valence-electron chi connectivity index (χ0n) is 19.5. The maximum absolute atomic E-state index is 13.1. The fraction of sp³-hybridized carbons (Fsp3) is 0.148. The topological polar surface area (TPSA) is 94.5 Å². The first-order valence-electron chi connectivity index (χ1n) is 11.2. The molecule has 35 heavy (non-hydrogen) atoms. The van der Waals surface area contributed by atoms with Gasteiger partial charge in [-0.2, -0.15) is 5.10 Å². The van der Waals surface area contributed by atoms with E-state index in [1.54, 1.807) is 29.1 Å². The van der Waals surface area contributed by atoms with Gasteiger partial charge >= 0.3 is 0 Å². The van der Waals surface area contributed by atoms with E-state index in [0.29, 0.717) is 29.4 Å². The lowest BCUT2D eigenvalue weighted by Gasteiger charge is -2.12. The smallest absolute Gasteiger partial charge is 0.276 e. The minimum absolute atomic E-state index is 0.293. The van der Waals surface area contributed by atoms with Gasteiger partial charge in [0.2, 0.25) is 0 Å². The molecule has 0 spiro atoms. The SMILES string of the molecule is CCOc1ccccc1OCC(=O)NNC(=O)c1cn(-c2ccccc2)nc1-c1ccccc1C. The van der Waals surface area contributed by atoms with Crippen LogP contribution in [0.3, 0.4) is 0 Å². The molecule has 0 atom stereocenters. The minimum atomic E-state index is -0.516. The van der Waals surface area contributed by atoms with E-state index in [1.807, 2.05) is 74.5 Å². The van der Waals surface area contributed by atoms with E-state index in [4.69, 9.17) is 9.47 Å². The summed E-state index contributed by atoms with van der Waals surface area (Å²) in [4.78, 5) is 25.4. The Balaban J connectivity index is 1.48. The average molecular weight is 471 g/mol. The van der Waals surface area contributed by atoms with E-state index in [1.165, 1.54) is 0 Å². The van der Waals surface area contributed by atoms with Crippen molar-refractivity contribution in [2.24, 2.45) is 0 Å². The molecule has 0 radical (unpaired) electrons. The van der Waals surface area contributed by atoms with Crippen molar-refractivity contribution >= 4 is 11.8 Å². The predicted octanol–water partition coefficient (Wildman–Crippen LogP) is 4.09. The molecule has 4 aromatic rings. The van der Waals surface area contributed by atoms with Gasteiger partial charge in [0.1, 0.15) is 5.69 Å². The molecule has 0 aliphatic rings. The monoisotopic (exact) mass is 470 g/mol. The van der Waals surface area contributed by atoms with E-state index in [9.17, 15) is 9.59 Å². The number of aromatic nitrogens is 2. The van der Waals surface area contributed by atoms with Crippen molar-refractivity contribution in [1.29, 1.82) is 0 Å². The molecule has 178 valence electrons. The fourth-order valence-electron chi connectivity index (χ4n) is 3.51. The van der Waals surface area contributed by atoms with Crippen LogP contribution in [-0.4, -0.2) is 34.8 Å². The van der Waals surface area contributed by atoms with Crippen LogP contribution in [0.4, 0.5) is 0 Å². The van der Waals surface area contributed by atoms with Crippen LogP contribution in [0, 0.1) is 6.92 Å². The van der Waals surface area contributed by atoms with Gasteiger partial charge in [0.25, 0.3) is 11.8 Å². The summed E-state index contributed by atoms with van der Waals surface area (Å²) >= 11 is 0. The van der Waals surface area contributed by atoms with Gasteiger partial charge in [0.05, 0.1) is 17.9 Å². The summed E-state index contributed by atoms with van der Waals surface area (Å²) in [5, 5.41) is 4.67. The number of rotatable bonds is 8. The minimum Gasteiger partial charge on any atom is -0.490 e. The Hall–Kier alpha value is -4.59. The first kappa shape index (κ1) is 23.6. The van der Waals surface area contributed by atoms with Crippen LogP contribution in [-0.2, 0) is 4.79 Å². The van der Waals surface area contributed by atoms with E-state index in [2.05, 4.69) is 16.0 Å². The third-order valence-corrected chi connectivity index (χ3v) is 5.20. The van der Waals surface area contributed by atoms with Crippen LogP contribution in [0.1, 0.15) is 22.8 Å². The van der Waals surface area contributed by atoms with E-state index >= 15 is 0 Å². The van der Waals surface area contributed by atoms with Crippen molar-refractivity contribution in [3.63, 3.8) is 0 Å². The fourth-order valence-corrected chi connectivity index (χ4v) is 3.51. The number of ether oxygens (including phenoxy) is 2. The third-order valence-electron chi connectivity index (χ3n) is 5.20. The normalized spacial score (nSPS) is 10.5. The third kappa shape index (κ3) is 5.67. The number of carbonyl (C=O) groups is 2. The van der Waals surface area contributed by atoms with Crippen LogP contribution in [0.5, 0.6) is 11.5 Å². The Labute approximate surface area is 203 Å². The molecule has 1 heterocycles. The highest BCUT2D eigenvalue weighted by Crippen LogP contribution is 2.27. The number of nitrogens with zero attached hydrogens (tertiary/aromatic N) is 2. The Morgan fingerprint density at radius 3 is 2.23 bits per heavy atom. The maximum atomic E-state index is 13.1. The van der Waals surface area contributed by atoms with Gasteiger partial charge in [-0.1, -0.05) is 54.6 Å². The number of hydrazine groups is 1. The molecular weight excluding hydrogens is 444 g/mol. The molecule has 0 bridgehead atoms. The Bertz CT molecular complexity index is 1320. The van der Waals surface area contributed by atoms with Crippen LogP contribution < -0.4 is 20.3 Å². The summed E-state index contributed by atoms with van der Waals surface area (Å²) in [6.07, 6.45) is 1.65. The highest BCUT2D eigenvalue weighted by molar-refractivity contribution is 6.01. The molecule has 0 saturated carbocycles. The number of hydrogen-bond donors (Lipinski definition) is 2. The number of benzene rings is 3. The molecule has 1 aromatic heterocycles. The molecule has 8 heteroatoms. The van der Waals surface area contributed by atoms with Crippen LogP contribution >= 0.6 is 0 Å². The van der Waals surface area contributed by atoms with Gasteiger partial charge in [-0.15, -0.1) is 0 Å². The maximum Gasteiger partial charge on any atom is 0.276 e. The second kappa shape index (κ2) is 11.0. The number of para-hydroxylation sites is 3. The second-order valence-electron chi connectivity index (χ2n) is 7.66. The molecule has 0 fully saturated rings. The van der Waals surface area contributed by atoms with E-state index < -0.39 is 11.8 Å². The molecule has 2 N–H and O–H groups in total. The zero-order chi connectivity index (χ0) is 24.6. The van der Waals surface area contributed by atoms with Crippen molar-refractivity contribution < 1.29 is 19.1 Å². The van der Waals surface area contributed by atoms with Crippen molar-refractivity contribution in [3.8, 4) is 28.4 Å². The molecule has 0 aliphatic carbocycles. The predicted molar refractivity (Wildman–Crippen MR) is 132 cm³/mol. The van der Waals surface area contributed by atoms with E-state index in [-0.39, 0.29) is 6.61 Å². The van der Waals surface area contributed by atoms with Gasteiger partial charge in [-0.05, 0) is 43.7 Å². The van der Waals surface area contributed by atoms with Crippen LogP contribution in [0.25, 0.3) is 16.9 Å². The lowest BCUT2D eigenvalue weighted by molar-refractivity contribution is -0.123. The molecule has 2 amide bonds. The molecule has 3 aromatic carbocycles. The summed E-state index contributed by atoms with van der Waals surface area (Å²) in [5.74, 6) is -0.0177. The van der Waals surface area contributed by atoms with Crippen molar-refractivity contribution in [1.82, 2.24) is 20.6 Å². The van der Waals surface area contributed by atoms with E-state index in [0.717, 1.165) is 16.8 Å². The first-order valence-corrected chi connectivity index (χ1v) is 11.2. The standard InChI is InChI=1S/C27H26N4O4/c1-3-34-23-15-9-10-16-24(23)35-18-25(32)28-29-27(33)22-17-31(20-12-5-4-6-13-20)30-26(22)21-14-8-7-11-19(21)2/h4-17H,3,18H2,1-2H3,(H,28,32)(H,29,33). The summed E-state index contributed by atoms with van der Waals surface area (Å²) < 4.78 is 12.7. The summed E-state index contributed by atoms with van der Waals surface area (Å²) in [6, 6.07) is 24.3. The number of aryl methyl sites for hydroxylation is 1. The summed E-state index contributed by atoms with van der Waals surface area (Å²) in [7, 11) is 0. The summed E-state index contributed by atoms with van der Waals surface area (Å²) in [5.41, 5.74) is 8.33. The second-order valence-corrected chi connectivity index (χ2v) is 7.66. The van der Waals surface area contributed by atoms with Gasteiger partial charge in [0.15, 0.2) is 18.1 Å². The molecule has 8 nitrogen and oxygen atoms in total. The average Bonchev–Trinajstić information content (AvgIpc) is 3.33. The lowest BCUT2D eigenvalue weighted by Crippen LogP contribution is -2.43. The van der Waals surface area contributed by atoms with Crippen molar-refractivity contribution in [2.75, 3.05) is 13.2 Å². The molecular formula is C27H26N4O4. The number of amides is 2. The molecule has 0 unspecified atom stereocenters. The number of nitrogens with one attached hydrogen (secondary N) is 2. The Kier molecular flexibility index (Phi) is 7.42. The van der Waals surface area contributed by atoms with Gasteiger partial charge in [-0.25, -0.2) is 4.68 Å². The Morgan fingerprint density at radius 2 is 1.51 bits per heavy atom. The van der Waals surface area contributed by atoms with Crippen molar-refractivity contribution in [2.45, 2.75) is 13.8 Å². The molecule has 4 rings (SSSR count). The van der Waals surface area contributed by atoms with Crippen LogP contribution in [0.15, 0.2) is 85.1 Å². The first-order chi connectivity index (χ1) is 17.1.